The molecule has 0 spiro atoms. The molecule has 1 saturated heterocycles. The molecular formula is C23H27N3O3S. The van der Waals surface area contributed by atoms with Crippen LogP contribution in [-0.4, -0.2) is 61.8 Å². The summed E-state index contributed by atoms with van der Waals surface area (Å²) in [6.07, 6.45) is 0.881. The van der Waals surface area contributed by atoms with Gasteiger partial charge in [0.05, 0.1) is 23.4 Å². The Balaban J connectivity index is 1.47. The van der Waals surface area contributed by atoms with E-state index in [0.717, 1.165) is 60.2 Å². The van der Waals surface area contributed by atoms with Crippen LogP contribution in [0.4, 0.5) is 5.13 Å². The van der Waals surface area contributed by atoms with E-state index in [2.05, 4.69) is 24.0 Å². The second-order valence-electron chi connectivity index (χ2n) is 7.37. The van der Waals surface area contributed by atoms with Crippen LogP contribution in [0, 0.1) is 6.92 Å². The van der Waals surface area contributed by atoms with Crippen molar-refractivity contribution in [2.24, 2.45) is 0 Å². The maximum Gasteiger partial charge on any atom is 0.266 e. The number of hydrogen-bond acceptors (Lipinski definition) is 6. The summed E-state index contributed by atoms with van der Waals surface area (Å²) in [5, 5.41) is 0.739. The van der Waals surface area contributed by atoms with Crippen molar-refractivity contribution in [3.63, 3.8) is 0 Å². The minimum Gasteiger partial charge on any atom is -0.484 e. The summed E-state index contributed by atoms with van der Waals surface area (Å²) < 4.78 is 12.2. The van der Waals surface area contributed by atoms with Crippen molar-refractivity contribution in [2.75, 3.05) is 50.9 Å². The van der Waals surface area contributed by atoms with Crippen molar-refractivity contribution in [1.82, 2.24) is 9.88 Å². The molecule has 1 fully saturated rings. The summed E-state index contributed by atoms with van der Waals surface area (Å²) in [6, 6.07) is 15.6. The van der Waals surface area contributed by atoms with Gasteiger partial charge in [-0.1, -0.05) is 41.7 Å². The molecule has 0 saturated carbocycles. The van der Waals surface area contributed by atoms with Crippen molar-refractivity contribution in [3.05, 3.63) is 54.1 Å². The second-order valence-corrected chi connectivity index (χ2v) is 8.38. The molecular weight excluding hydrogens is 398 g/mol. The first kappa shape index (κ1) is 20.8. The lowest BCUT2D eigenvalue weighted by molar-refractivity contribution is -0.120. The third-order valence-electron chi connectivity index (χ3n) is 5.21. The second kappa shape index (κ2) is 10.0. The Hall–Kier alpha value is -2.48. The lowest BCUT2D eigenvalue weighted by Crippen LogP contribution is -2.40. The maximum atomic E-state index is 13.1. The van der Waals surface area contributed by atoms with Crippen LogP contribution in [0.1, 0.15) is 12.0 Å². The Labute approximate surface area is 181 Å². The molecule has 0 bridgehead atoms. The van der Waals surface area contributed by atoms with Gasteiger partial charge >= 0.3 is 0 Å². The first-order valence-electron chi connectivity index (χ1n) is 10.4. The van der Waals surface area contributed by atoms with Crippen molar-refractivity contribution in [2.45, 2.75) is 13.3 Å². The summed E-state index contributed by atoms with van der Waals surface area (Å²) in [4.78, 5) is 22.1. The number of aryl methyl sites for hydroxylation is 1. The monoisotopic (exact) mass is 425 g/mol. The summed E-state index contributed by atoms with van der Waals surface area (Å²) in [7, 11) is 0. The van der Waals surface area contributed by atoms with Gasteiger partial charge < -0.3 is 9.47 Å². The number of hydrogen-bond donors (Lipinski definition) is 0. The third kappa shape index (κ3) is 5.16. The number of anilines is 1. The molecule has 0 atom stereocenters. The number of aromatic nitrogens is 1. The molecule has 2 aromatic carbocycles. The quantitative estimate of drug-likeness (QED) is 0.550. The van der Waals surface area contributed by atoms with E-state index in [0.29, 0.717) is 12.3 Å². The lowest BCUT2D eigenvalue weighted by atomic mass is 10.2. The number of carbonyl (C=O) groups excluding carboxylic acids is 1. The first-order valence-corrected chi connectivity index (χ1v) is 11.2. The minimum atomic E-state index is -0.0717. The Morgan fingerprint density at radius 3 is 2.73 bits per heavy atom. The third-order valence-corrected chi connectivity index (χ3v) is 6.25. The number of rotatable bonds is 8. The maximum absolute atomic E-state index is 13.1. The highest BCUT2D eigenvalue weighted by molar-refractivity contribution is 7.22. The topological polar surface area (TPSA) is 54.9 Å². The van der Waals surface area contributed by atoms with Gasteiger partial charge in [0.15, 0.2) is 11.7 Å². The smallest absolute Gasteiger partial charge is 0.266 e. The predicted octanol–water partition coefficient (Wildman–Crippen LogP) is 3.74. The zero-order chi connectivity index (χ0) is 20.8. The fraction of sp³-hybridized carbons (Fsp3) is 0.391. The van der Waals surface area contributed by atoms with Gasteiger partial charge in [0.1, 0.15) is 5.75 Å². The molecule has 1 aliphatic rings. The molecule has 1 aliphatic heterocycles. The molecule has 2 heterocycles. The normalized spacial score (nSPS) is 14.7. The predicted molar refractivity (Wildman–Crippen MR) is 121 cm³/mol. The number of thiazole rings is 1. The molecule has 7 heteroatoms. The zero-order valence-electron chi connectivity index (χ0n) is 17.3. The molecule has 0 radical (unpaired) electrons. The Bertz CT molecular complexity index is 970. The number of ether oxygens (including phenoxy) is 2. The highest BCUT2D eigenvalue weighted by Crippen LogP contribution is 2.31. The van der Waals surface area contributed by atoms with Crippen LogP contribution in [0.5, 0.6) is 5.75 Å². The summed E-state index contributed by atoms with van der Waals surface area (Å²) in [5.41, 5.74) is 2.09. The van der Waals surface area contributed by atoms with Gasteiger partial charge in [-0.05, 0) is 37.1 Å². The van der Waals surface area contributed by atoms with Crippen LogP contribution in [0.2, 0.25) is 0 Å². The average molecular weight is 426 g/mol. The molecule has 6 nitrogen and oxygen atoms in total. The van der Waals surface area contributed by atoms with E-state index < -0.39 is 0 Å². The Morgan fingerprint density at radius 2 is 1.97 bits per heavy atom. The molecule has 0 N–H and O–H groups in total. The first-order chi connectivity index (χ1) is 14.7. The van der Waals surface area contributed by atoms with Crippen molar-refractivity contribution < 1.29 is 14.3 Å². The summed E-state index contributed by atoms with van der Waals surface area (Å²) in [5.74, 6) is 0.622. The molecule has 3 aromatic rings. The van der Waals surface area contributed by atoms with Gasteiger partial charge in [-0.2, -0.15) is 0 Å². The largest absolute Gasteiger partial charge is 0.484 e. The van der Waals surface area contributed by atoms with Crippen molar-refractivity contribution in [1.29, 1.82) is 0 Å². The van der Waals surface area contributed by atoms with Gasteiger partial charge in [-0.15, -0.1) is 0 Å². The number of para-hydroxylation sites is 2. The van der Waals surface area contributed by atoms with E-state index >= 15 is 0 Å². The fourth-order valence-corrected chi connectivity index (χ4v) is 4.62. The number of amides is 1. The van der Waals surface area contributed by atoms with Crippen molar-refractivity contribution >= 4 is 32.6 Å². The van der Waals surface area contributed by atoms with Crippen LogP contribution in [0.15, 0.2) is 48.5 Å². The average Bonchev–Trinajstić information content (AvgIpc) is 3.22. The fourth-order valence-electron chi connectivity index (χ4n) is 3.53. The zero-order valence-corrected chi connectivity index (χ0v) is 18.1. The lowest BCUT2D eigenvalue weighted by Gasteiger charge is -2.27. The highest BCUT2D eigenvalue weighted by atomic mass is 32.1. The van der Waals surface area contributed by atoms with Gasteiger partial charge in [0, 0.05) is 26.2 Å². The molecule has 158 valence electrons. The Morgan fingerprint density at radius 1 is 1.17 bits per heavy atom. The summed E-state index contributed by atoms with van der Waals surface area (Å²) >= 11 is 1.56. The van der Waals surface area contributed by atoms with E-state index in [1.54, 1.807) is 16.2 Å². The highest BCUT2D eigenvalue weighted by Gasteiger charge is 2.21. The van der Waals surface area contributed by atoms with Gasteiger partial charge in [-0.25, -0.2) is 4.98 Å². The Kier molecular flexibility index (Phi) is 6.94. The van der Waals surface area contributed by atoms with E-state index in [-0.39, 0.29) is 12.5 Å². The molecule has 4 rings (SSSR count). The number of nitrogens with zero attached hydrogens (tertiary/aromatic N) is 3. The number of fused-ring (bicyclic) bond motifs is 1. The van der Waals surface area contributed by atoms with Crippen molar-refractivity contribution in [3.8, 4) is 5.75 Å². The number of benzene rings is 2. The SMILES string of the molecule is Cc1cccc2sc(N(CCCN3CCOCC3)C(=O)COc3ccccc3)nc12. The van der Waals surface area contributed by atoms with E-state index in [9.17, 15) is 4.79 Å². The van der Waals surface area contributed by atoms with Crippen LogP contribution in [0.3, 0.4) is 0 Å². The molecule has 1 amide bonds. The van der Waals surface area contributed by atoms with E-state index in [4.69, 9.17) is 14.5 Å². The molecule has 1 aromatic heterocycles. The van der Waals surface area contributed by atoms with Crippen LogP contribution in [-0.2, 0) is 9.53 Å². The van der Waals surface area contributed by atoms with Crippen LogP contribution in [0.25, 0.3) is 10.2 Å². The van der Waals surface area contributed by atoms with E-state index in [1.165, 1.54) is 0 Å². The molecule has 30 heavy (non-hydrogen) atoms. The van der Waals surface area contributed by atoms with Crippen LogP contribution < -0.4 is 9.64 Å². The minimum absolute atomic E-state index is 0.00350. The van der Waals surface area contributed by atoms with Gasteiger partial charge in [-0.3, -0.25) is 14.6 Å². The van der Waals surface area contributed by atoms with Crippen LogP contribution >= 0.6 is 11.3 Å². The molecule has 0 unspecified atom stereocenters. The molecule has 0 aliphatic carbocycles. The van der Waals surface area contributed by atoms with Gasteiger partial charge in [0.2, 0.25) is 0 Å². The standard InChI is InChI=1S/C23H27N3O3S/c1-18-7-5-10-20-22(18)24-23(30-20)26(12-6-11-25-13-15-28-16-14-25)21(27)17-29-19-8-3-2-4-9-19/h2-5,7-10H,6,11-17H2,1H3. The van der Waals surface area contributed by atoms with E-state index in [1.807, 2.05) is 36.4 Å². The number of morpholine rings is 1. The number of carbonyl (C=O) groups is 1. The van der Waals surface area contributed by atoms with Gasteiger partial charge in [0.25, 0.3) is 5.91 Å². The summed E-state index contributed by atoms with van der Waals surface area (Å²) in [6.45, 7) is 7.07.